The lowest BCUT2D eigenvalue weighted by Crippen LogP contribution is -2.34. The average molecular weight is 268 g/mol. The summed E-state index contributed by atoms with van der Waals surface area (Å²) in [4.78, 5) is 11.7. The quantitative estimate of drug-likeness (QED) is 0.817. The van der Waals surface area contributed by atoms with E-state index in [1.54, 1.807) is 6.07 Å². The molecule has 1 unspecified atom stereocenters. The van der Waals surface area contributed by atoms with Crippen molar-refractivity contribution in [3.63, 3.8) is 0 Å². The van der Waals surface area contributed by atoms with Gasteiger partial charge in [0.15, 0.2) is 0 Å². The Morgan fingerprint density at radius 2 is 2.33 bits per heavy atom. The predicted octanol–water partition coefficient (Wildman–Crippen LogP) is 2.94. The summed E-state index contributed by atoms with van der Waals surface area (Å²) < 4.78 is 13.5. The van der Waals surface area contributed by atoms with E-state index in [9.17, 15) is 9.18 Å². The zero-order valence-corrected chi connectivity index (χ0v) is 10.9. The molecule has 1 amide bonds. The maximum atomic E-state index is 13.5. The van der Waals surface area contributed by atoms with E-state index in [0.29, 0.717) is 6.42 Å². The van der Waals surface area contributed by atoms with E-state index in [2.05, 4.69) is 11.2 Å². The molecule has 0 heterocycles. The number of amides is 1. The molecule has 0 fully saturated rings. The largest absolute Gasteiger partial charge is 0.342 e. The van der Waals surface area contributed by atoms with Crippen LogP contribution in [0.15, 0.2) is 18.2 Å². The van der Waals surface area contributed by atoms with Gasteiger partial charge >= 0.3 is 0 Å². The number of rotatable bonds is 5. The first-order valence-corrected chi connectivity index (χ1v) is 6.14. The second-order valence-electron chi connectivity index (χ2n) is 3.95. The lowest BCUT2D eigenvalue weighted by atomic mass is 10.1. The number of benzene rings is 1. The summed E-state index contributed by atoms with van der Waals surface area (Å²) in [6, 6.07) is 4.02. The van der Waals surface area contributed by atoms with Gasteiger partial charge < -0.3 is 5.32 Å². The van der Waals surface area contributed by atoms with Crippen LogP contribution >= 0.6 is 11.6 Å². The molecule has 1 N–H and O–H groups in total. The van der Waals surface area contributed by atoms with Crippen LogP contribution in [-0.4, -0.2) is 11.9 Å². The molecule has 0 radical (unpaired) electrons. The van der Waals surface area contributed by atoms with Crippen molar-refractivity contribution in [2.75, 3.05) is 0 Å². The van der Waals surface area contributed by atoms with Gasteiger partial charge in [-0.05, 0) is 18.6 Å². The first-order valence-electron chi connectivity index (χ1n) is 5.76. The molecule has 0 bridgehead atoms. The van der Waals surface area contributed by atoms with Crippen LogP contribution in [-0.2, 0) is 11.2 Å². The second kappa shape index (κ2) is 7.03. The molecule has 1 aromatic carbocycles. The monoisotopic (exact) mass is 267 g/mol. The summed E-state index contributed by atoms with van der Waals surface area (Å²) in [5.74, 6) is 1.69. The number of hydrogen-bond donors (Lipinski definition) is 1. The van der Waals surface area contributed by atoms with Gasteiger partial charge in [0.1, 0.15) is 5.82 Å². The van der Waals surface area contributed by atoms with Gasteiger partial charge in [-0.15, -0.1) is 6.42 Å². The third-order valence-electron chi connectivity index (χ3n) is 2.51. The Balaban J connectivity index is 2.68. The van der Waals surface area contributed by atoms with Crippen LogP contribution in [0.3, 0.4) is 0 Å². The standard InChI is InChI=1S/C14H15ClFNO/c1-3-6-10(4-2)17-14(18)9-11-12(15)7-5-8-13(11)16/h2,5,7-8,10H,3,6,9H2,1H3,(H,17,18). The van der Waals surface area contributed by atoms with Crippen molar-refractivity contribution < 1.29 is 9.18 Å². The first kappa shape index (κ1) is 14.5. The SMILES string of the molecule is C#CC(CCC)NC(=O)Cc1c(F)cccc1Cl. The van der Waals surface area contributed by atoms with Gasteiger partial charge in [-0.3, -0.25) is 4.79 Å². The third kappa shape index (κ3) is 4.05. The molecule has 0 aliphatic carbocycles. The summed E-state index contributed by atoms with van der Waals surface area (Å²) >= 11 is 5.84. The predicted molar refractivity (Wildman–Crippen MR) is 70.8 cm³/mol. The molecule has 1 atom stereocenters. The van der Waals surface area contributed by atoms with E-state index in [1.165, 1.54) is 12.1 Å². The fourth-order valence-electron chi connectivity index (χ4n) is 1.59. The van der Waals surface area contributed by atoms with Gasteiger partial charge in [-0.25, -0.2) is 4.39 Å². The highest BCUT2D eigenvalue weighted by Crippen LogP contribution is 2.19. The summed E-state index contributed by atoms with van der Waals surface area (Å²) in [6.45, 7) is 1.98. The molecule has 0 aromatic heterocycles. The summed E-state index contributed by atoms with van der Waals surface area (Å²) in [6.07, 6.45) is 6.76. The van der Waals surface area contributed by atoms with Crippen LogP contribution in [0.1, 0.15) is 25.3 Å². The minimum absolute atomic E-state index is 0.104. The average Bonchev–Trinajstić information content (AvgIpc) is 2.33. The van der Waals surface area contributed by atoms with Crippen molar-refractivity contribution in [1.29, 1.82) is 0 Å². The Morgan fingerprint density at radius 1 is 1.61 bits per heavy atom. The van der Waals surface area contributed by atoms with Gasteiger partial charge in [0, 0.05) is 10.6 Å². The summed E-state index contributed by atoms with van der Waals surface area (Å²) in [7, 11) is 0. The molecule has 96 valence electrons. The summed E-state index contributed by atoms with van der Waals surface area (Å²) in [5, 5.41) is 2.92. The number of nitrogens with one attached hydrogen (secondary N) is 1. The number of hydrogen-bond acceptors (Lipinski definition) is 1. The Labute approximate surface area is 112 Å². The van der Waals surface area contributed by atoms with Crippen molar-refractivity contribution in [3.05, 3.63) is 34.6 Å². The molecule has 0 aliphatic rings. The van der Waals surface area contributed by atoms with E-state index >= 15 is 0 Å². The zero-order chi connectivity index (χ0) is 13.5. The van der Waals surface area contributed by atoms with Crippen LogP contribution in [0.5, 0.6) is 0 Å². The Bertz CT molecular complexity index is 447. The highest BCUT2D eigenvalue weighted by atomic mass is 35.5. The molecule has 0 spiro atoms. The zero-order valence-electron chi connectivity index (χ0n) is 10.2. The van der Waals surface area contributed by atoms with E-state index in [-0.39, 0.29) is 29.0 Å². The van der Waals surface area contributed by atoms with Gasteiger partial charge in [0.25, 0.3) is 0 Å². The van der Waals surface area contributed by atoms with Gasteiger partial charge in [0.05, 0.1) is 12.5 Å². The molecular weight excluding hydrogens is 253 g/mol. The Hall–Kier alpha value is -1.53. The maximum absolute atomic E-state index is 13.5. The topological polar surface area (TPSA) is 29.1 Å². The van der Waals surface area contributed by atoms with Crippen LogP contribution in [0.2, 0.25) is 5.02 Å². The van der Waals surface area contributed by atoms with Crippen molar-refractivity contribution in [2.24, 2.45) is 0 Å². The van der Waals surface area contributed by atoms with Crippen LogP contribution in [0.25, 0.3) is 0 Å². The maximum Gasteiger partial charge on any atom is 0.225 e. The minimum atomic E-state index is -0.481. The number of carbonyl (C=O) groups excluding carboxylic acids is 1. The van der Waals surface area contributed by atoms with Crippen molar-refractivity contribution in [1.82, 2.24) is 5.32 Å². The Kier molecular flexibility index (Phi) is 5.67. The van der Waals surface area contributed by atoms with Crippen LogP contribution in [0.4, 0.5) is 4.39 Å². The highest BCUT2D eigenvalue weighted by molar-refractivity contribution is 6.31. The second-order valence-corrected chi connectivity index (χ2v) is 4.36. The van der Waals surface area contributed by atoms with Crippen molar-refractivity contribution >= 4 is 17.5 Å². The van der Waals surface area contributed by atoms with E-state index in [4.69, 9.17) is 18.0 Å². The number of halogens is 2. The molecule has 2 nitrogen and oxygen atoms in total. The number of carbonyl (C=O) groups is 1. The van der Waals surface area contributed by atoms with Crippen LogP contribution < -0.4 is 5.32 Å². The Morgan fingerprint density at radius 3 is 2.89 bits per heavy atom. The van der Waals surface area contributed by atoms with E-state index in [1.807, 2.05) is 6.92 Å². The van der Waals surface area contributed by atoms with Gasteiger partial charge in [-0.2, -0.15) is 0 Å². The minimum Gasteiger partial charge on any atom is -0.342 e. The lowest BCUT2D eigenvalue weighted by Gasteiger charge is -2.12. The summed E-state index contributed by atoms with van der Waals surface area (Å²) in [5.41, 5.74) is 0.198. The smallest absolute Gasteiger partial charge is 0.225 e. The fraction of sp³-hybridized carbons (Fsp3) is 0.357. The molecule has 18 heavy (non-hydrogen) atoms. The fourth-order valence-corrected chi connectivity index (χ4v) is 1.82. The van der Waals surface area contributed by atoms with Gasteiger partial charge in [0.2, 0.25) is 5.91 Å². The first-order chi connectivity index (χ1) is 8.58. The van der Waals surface area contributed by atoms with E-state index in [0.717, 1.165) is 6.42 Å². The molecule has 0 aliphatic heterocycles. The van der Waals surface area contributed by atoms with E-state index < -0.39 is 5.82 Å². The molecule has 4 heteroatoms. The highest BCUT2D eigenvalue weighted by Gasteiger charge is 2.14. The van der Waals surface area contributed by atoms with Crippen molar-refractivity contribution in [3.8, 4) is 12.3 Å². The molecule has 0 saturated heterocycles. The molecule has 1 rings (SSSR count). The lowest BCUT2D eigenvalue weighted by molar-refractivity contribution is -0.120. The number of terminal acetylenes is 1. The van der Waals surface area contributed by atoms with Gasteiger partial charge in [-0.1, -0.05) is 36.9 Å². The molecule has 1 aromatic rings. The van der Waals surface area contributed by atoms with Crippen molar-refractivity contribution in [2.45, 2.75) is 32.2 Å². The third-order valence-corrected chi connectivity index (χ3v) is 2.87. The van der Waals surface area contributed by atoms with Crippen LogP contribution in [0, 0.1) is 18.2 Å². The normalized spacial score (nSPS) is 11.7. The molecular formula is C14H15ClFNO. The molecule has 0 saturated carbocycles.